The minimum Gasteiger partial charge on any atom is -0.463 e. The van der Waals surface area contributed by atoms with E-state index >= 15 is 0 Å². The van der Waals surface area contributed by atoms with Crippen LogP contribution < -0.4 is 19.8 Å². The highest BCUT2D eigenvalue weighted by atomic mass is 32.1. The van der Waals surface area contributed by atoms with Crippen molar-refractivity contribution in [3.8, 4) is 11.3 Å². The minimum absolute atomic E-state index is 0.00430. The summed E-state index contributed by atoms with van der Waals surface area (Å²) in [5.41, 5.74) is 3.81. The average Bonchev–Trinajstić information content (AvgIpc) is 3.52. The number of benzene rings is 2. The molecule has 4 aromatic rings. The van der Waals surface area contributed by atoms with E-state index in [4.69, 9.17) is 9.15 Å². The number of hydrogen-bond acceptors (Lipinski definition) is 8. The highest BCUT2D eigenvalue weighted by molar-refractivity contribution is 7.07. The topological polar surface area (TPSA) is 94.1 Å². The molecule has 1 atom stereocenters. The van der Waals surface area contributed by atoms with Gasteiger partial charge in [0.25, 0.3) is 5.56 Å². The Bertz CT molecular complexity index is 1810. The van der Waals surface area contributed by atoms with Gasteiger partial charge in [-0.2, -0.15) is 0 Å². The van der Waals surface area contributed by atoms with Crippen LogP contribution in [0.25, 0.3) is 17.4 Å². The maximum Gasteiger partial charge on any atom is 0.338 e. The van der Waals surface area contributed by atoms with Gasteiger partial charge in [0.2, 0.25) is 0 Å². The predicted octanol–water partition coefficient (Wildman–Crippen LogP) is 4.33. The molecular formula is C31H29N3O5S. The minimum atomic E-state index is -0.680. The van der Waals surface area contributed by atoms with E-state index in [0.717, 1.165) is 16.8 Å². The molecule has 0 spiro atoms. The molecule has 2 aromatic heterocycles. The first kappa shape index (κ1) is 27.1. The number of fused-ring (bicyclic) bond motifs is 1. The van der Waals surface area contributed by atoms with Crippen LogP contribution in [0.1, 0.15) is 48.5 Å². The molecule has 1 aliphatic heterocycles. The SMILES string of the molecule is CCOC(=O)C1=C(C)N=c2s/c(=C\c3ccc(-c4ccc(C(C)=O)cc4)o3)c(=O)n2[C@@H]1c1ccc(N(C)C)cc1. The van der Waals surface area contributed by atoms with Gasteiger partial charge in [0.15, 0.2) is 10.6 Å². The average molecular weight is 556 g/mol. The van der Waals surface area contributed by atoms with Gasteiger partial charge >= 0.3 is 5.97 Å². The van der Waals surface area contributed by atoms with E-state index in [1.165, 1.54) is 18.3 Å². The number of ether oxygens (including phenoxy) is 1. The smallest absolute Gasteiger partial charge is 0.338 e. The van der Waals surface area contributed by atoms with Crippen LogP contribution in [0, 0.1) is 0 Å². The van der Waals surface area contributed by atoms with Crippen LogP contribution >= 0.6 is 11.3 Å². The molecule has 8 nitrogen and oxygen atoms in total. The molecule has 0 N–H and O–H groups in total. The van der Waals surface area contributed by atoms with Crippen LogP contribution in [0.15, 0.2) is 86.1 Å². The number of thiazole rings is 1. The van der Waals surface area contributed by atoms with Gasteiger partial charge in [0.1, 0.15) is 11.5 Å². The standard InChI is InChI=1S/C31H29N3O5S/c1-6-38-30(37)27-18(2)32-31-34(28(27)22-11-13-23(14-12-22)33(4)5)29(36)26(40-31)17-24-15-16-25(39-24)21-9-7-20(8-10-21)19(3)35/h7-17,28H,6H2,1-5H3/b26-17-/t28-/m1/s1. The summed E-state index contributed by atoms with van der Waals surface area (Å²) in [6.45, 7) is 5.25. The normalized spacial score (nSPS) is 15.0. The fourth-order valence-corrected chi connectivity index (χ4v) is 5.67. The van der Waals surface area contributed by atoms with Gasteiger partial charge in [0.05, 0.1) is 28.5 Å². The maximum absolute atomic E-state index is 13.8. The van der Waals surface area contributed by atoms with Gasteiger partial charge in [-0.25, -0.2) is 9.79 Å². The van der Waals surface area contributed by atoms with Gasteiger partial charge < -0.3 is 14.1 Å². The molecular weight excluding hydrogens is 526 g/mol. The number of carbonyl (C=O) groups is 2. The van der Waals surface area contributed by atoms with Crippen molar-refractivity contribution in [1.29, 1.82) is 0 Å². The Morgan fingerprint density at radius 1 is 1.07 bits per heavy atom. The van der Waals surface area contributed by atoms with E-state index in [1.807, 2.05) is 61.5 Å². The van der Waals surface area contributed by atoms with Crippen LogP contribution in [0.3, 0.4) is 0 Å². The van der Waals surface area contributed by atoms with Crippen LogP contribution in [0.2, 0.25) is 0 Å². The highest BCUT2D eigenvalue weighted by Crippen LogP contribution is 2.31. The fraction of sp³-hybridized carbons (Fsp3) is 0.226. The molecule has 1 aliphatic rings. The van der Waals surface area contributed by atoms with E-state index in [-0.39, 0.29) is 17.9 Å². The molecule has 3 heterocycles. The number of rotatable bonds is 7. The summed E-state index contributed by atoms with van der Waals surface area (Å²) in [6.07, 6.45) is 1.69. The molecule has 0 fully saturated rings. The van der Waals surface area contributed by atoms with Crippen molar-refractivity contribution in [3.05, 3.63) is 109 Å². The monoisotopic (exact) mass is 555 g/mol. The van der Waals surface area contributed by atoms with Gasteiger partial charge in [-0.15, -0.1) is 0 Å². The number of furan rings is 1. The van der Waals surface area contributed by atoms with Crippen molar-refractivity contribution < 1.29 is 18.7 Å². The Morgan fingerprint density at radius 3 is 2.40 bits per heavy atom. The summed E-state index contributed by atoms with van der Waals surface area (Å²) in [5.74, 6) is 0.624. The lowest BCUT2D eigenvalue weighted by atomic mass is 9.95. The van der Waals surface area contributed by atoms with E-state index in [1.54, 1.807) is 42.7 Å². The largest absolute Gasteiger partial charge is 0.463 e. The van der Waals surface area contributed by atoms with Crippen molar-refractivity contribution >= 4 is 34.9 Å². The molecule has 0 unspecified atom stereocenters. The van der Waals surface area contributed by atoms with Crippen LogP contribution in [0.5, 0.6) is 0 Å². The molecule has 9 heteroatoms. The lowest BCUT2D eigenvalue weighted by Crippen LogP contribution is -2.39. The number of nitrogens with zero attached hydrogens (tertiary/aromatic N) is 3. The predicted molar refractivity (Wildman–Crippen MR) is 155 cm³/mol. The maximum atomic E-state index is 13.8. The molecule has 204 valence electrons. The van der Waals surface area contributed by atoms with Gasteiger partial charge in [-0.05, 0) is 50.6 Å². The van der Waals surface area contributed by atoms with Crippen molar-refractivity contribution in [2.75, 3.05) is 25.6 Å². The number of anilines is 1. The number of ketones is 1. The number of carbonyl (C=O) groups excluding carboxylic acids is 2. The molecule has 0 bridgehead atoms. The molecule has 0 aliphatic carbocycles. The van der Waals surface area contributed by atoms with E-state index in [9.17, 15) is 14.4 Å². The quantitative estimate of drug-likeness (QED) is 0.249. The first-order chi connectivity index (χ1) is 19.2. The van der Waals surface area contributed by atoms with Crippen LogP contribution in [-0.4, -0.2) is 37.0 Å². The third-order valence-electron chi connectivity index (χ3n) is 6.72. The van der Waals surface area contributed by atoms with E-state index in [0.29, 0.717) is 37.7 Å². The second-order valence-electron chi connectivity index (χ2n) is 9.62. The molecule has 5 rings (SSSR count). The lowest BCUT2D eigenvalue weighted by Gasteiger charge is -2.25. The lowest BCUT2D eigenvalue weighted by molar-refractivity contribution is -0.139. The first-order valence-corrected chi connectivity index (χ1v) is 13.7. The molecule has 0 saturated carbocycles. The van der Waals surface area contributed by atoms with E-state index in [2.05, 4.69) is 4.99 Å². The Balaban J connectivity index is 1.59. The number of Topliss-reactive ketones (excluding diaryl/α,β-unsaturated/α-hetero) is 1. The number of hydrogen-bond donors (Lipinski definition) is 0. The molecule has 0 radical (unpaired) electrons. The highest BCUT2D eigenvalue weighted by Gasteiger charge is 2.33. The van der Waals surface area contributed by atoms with Gasteiger partial charge in [0, 0.05) is 37.0 Å². The number of aromatic nitrogens is 1. The van der Waals surface area contributed by atoms with Gasteiger partial charge in [-0.3, -0.25) is 14.2 Å². The number of allylic oxidation sites excluding steroid dienone is 1. The van der Waals surface area contributed by atoms with Crippen molar-refractivity contribution in [3.63, 3.8) is 0 Å². The van der Waals surface area contributed by atoms with Crippen LogP contribution in [-0.2, 0) is 9.53 Å². The van der Waals surface area contributed by atoms with Crippen molar-refractivity contribution in [1.82, 2.24) is 4.57 Å². The Morgan fingerprint density at radius 2 is 1.77 bits per heavy atom. The Labute approximate surface area is 235 Å². The summed E-state index contributed by atoms with van der Waals surface area (Å²) < 4.78 is 13.4. The molecule has 2 aromatic carbocycles. The van der Waals surface area contributed by atoms with E-state index < -0.39 is 12.0 Å². The fourth-order valence-electron chi connectivity index (χ4n) is 4.65. The summed E-state index contributed by atoms with van der Waals surface area (Å²) in [4.78, 5) is 45.6. The Kier molecular flexibility index (Phi) is 7.40. The second-order valence-corrected chi connectivity index (χ2v) is 10.6. The third-order valence-corrected chi connectivity index (χ3v) is 7.70. The van der Waals surface area contributed by atoms with Crippen LogP contribution in [0.4, 0.5) is 5.69 Å². The molecule has 40 heavy (non-hydrogen) atoms. The first-order valence-electron chi connectivity index (χ1n) is 12.9. The molecule has 0 amide bonds. The van der Waals surface area contributed by atoms with Crippen molar-refractivity contribution in [2.24, 2.45) is 4.99 Å². The number of esters is 1. The Hall–Kier alpha value is -4.50. The molecule has 0 saturated heterocycles. The van der Waals surface area contributed by atoms with Crippen molar-refractivity contribution in [2.45, 2.75) is 26.8 Å². The summed E-state index contributed by atoms with van der Waals surface area (Å²) in [7, 11) is 3.90. The summed E-state index contributed by atoms with van der Waals surface area (Å²) in [5, 5.41) is 0. The zero-order valence-electron chi connectivity index (χ0n) is 22.9. The zero-order chi connectivity index (χ0) is 28.6. The summed E-state index contributed by atoms with van der Waals surface area (Å²) in [6, 6.07) is 17.9. The van der Waals surface area contributed by atoms with Gasteiger partial charge in [-0.1, -0.05) is 47.7 Å². The summed E-state index contributed by atoms with van der Waals surface area (Å²) >= 11 is 1.24. The zero-order valence-corrected chi connectivity index (χ0v) is 23.7. The second kappa shape index (κ2) is 10.9. The third kappa shape index (κ3) is 5.08.